The van der Waals surface area contributed by atoms with E-state index in [-0.39, 0.29) is 5.91 Å². The predicted molar refractivity (Wildman–Crippen MR) is 77.7 cm³/mol. The summed E-state index contributed by atoms with van der Waals surface area (Å²) >= 11 is 0. The topological polar surface area (TPSA) is 67.2 Å². The Morgan fingerprint density at radius 1 is 1.43 bits per heavy atom. The Kier molecular flexibility index (Phi) is 5.03. The zero-order valence-corrected chi connectivity index (χ0v) is 13.4. The van der Waals surface area contributed by atoms with E-state index in [1.54, 1.807) is 20.8 Å². The van der Waals surface area contributed by atoms with Gasteiger partial charge in [0.25, 0.3) is 0 Å². The first-order valence-corrected chi connectivity index (χ1v) is 7.69. The lowest BCUT2D eigenvalue weighted by Crippen LogP contribution is -2.36. The van der Waals surface area contributed by atoms with Crippen molar-refractivity contribution in [2.75, 3.05) is 0 Å². The Morgan fingerprint density at radius 2 is 2.09 bits per heavy atom. The lowest BCUT2D eigenvalue weighted by Gasteiger charge is -2.20. The van der Waals surface area contributed by atoms with E-state index >= 15 is 0 Å². The number of aliphatic hydroxyl groups is 1. The molecule has 1 aromatic rings. The molecule has 2 N–H and O–H groups in total. The molecule has 1 amide bonds. The quantitative estimate of drug-likeness (QED) is 0.889. The monoisotopic (exact) mass is 333 g/mol. The molecular formula is C15H22F3N3O2. The fraction of sp³-hybridized carbons (Fsp3) is 0.733. The van der Waals surface area contributed by atoms with Gasteiger partial charge in [0.2, 0.25) is 5.91 Å². The minimum absolute atomic E-state index is 0.259. The molecule has 0 aliphatic heterocycles. The number of nitrogens with one attached hydrogen (secondary N) is 1. The Bertz CT molecular complexity index is 583. The molecule has 0 spiro atoms. The van der Waals surface area contributed by atoms with Gasteiger partial charge in [-0.1, -0.05) is 0 Å². The number of halogens is 3. The zero-order valence-electron chi connectivity index (χ0n) is 13.4. The molecule has 1 fully saturated rings. The molecule has 0 saturated heterocycles. The van der Waals surface area contributed by atoms with Crippen LogP contribution in [0.25, 0.3) is 0 Å². The van der Waals surface area contributed by atoms with Crippen LogP contribution in [-0.4, -0.2) is 33.1 Å². The van der Waals surface area contributed by atoms with Gasteiger partial charge in [0.1, 0.15) is 6.54 Å². The number of amides is 1. The van der Waals surface area contributed by atoms with Crippen LogP contribution in [0, 0.1) is 19.8 Å². The van der Waals surface area contributed by atoms with Gasteiger partial charge in [-0.2, -0.15) is 18.3 Å². The summed E-state index contributed by atoms with van der Waals surface area (Å²) in [6.07, 6.45) is -2.95. The summed E-state index contributed by atoms with van der Waals surface area (Å²) in [4.78, 5) is 12.2. The van der Waals surface area contributed by atoms with Crippen molar-refractivity contribution in [1.29, 1.82) is 0 Å². The average molecular weight is 333 g/mol. The maximum absolute atomic E-state index is 12.6. The maximum atomic E-state index is 12.6. The Hall–Kier alpha value is -1.57. The first-order valence-electron chi connectivity index (χ1n) is 7.69. The minimum atomic E-state index is -4.35. The standard InChI is InChI=1S/C15H22F3N3O2/c1-8(19-14(23)11-5-4-6-12(11)22)13-9(2)20-21(10(13)3)7-15(16,17)18/h8,11-12,22H,4-7H2,1-3H3,(H,19,23). The smallest absolute Gasteiger partial charge is 0.392 e. The van der Waals surface area contributed by atoms with Crippen molar-refractivity contribution in [3.63, 3.8) is 0 Å². The molecule has 5 nitrogen and oxygen atoms in total. The summed E-state index contributed by atoms with van der Waals surface area (Å²) in [5.74, 6) is -0.701. The van der Waals surface area contributed by atoms with Gasteiger partial charge in [-0.3, -0.25) is 9.48 Å². The number of carbonyl (C=O) groups is 1. The number of aliphatic hydroxyl groups excluding tert-OH is 1. The van der Waals surface area contributed by atoms with Crippen LogP contribution in [0.3, 0.4) is 0 Å². The molecule has 8 heteroatoms. The number of nitrogens with zero attached hydrogens (tertiary/aromatic N) is 2. The zero-order chi connectivity index (χ0) is 17.4. The van der Waals surface area contributed by atoms with Crippen molar-refractivity contribution >= 4 is 5.91 Å². The van der Waals surface area contributed by atoms with E-state index in [0.717, 1.165) is 11.1 Å². The van der Waals surface area contributed by atoms with Crippen LogP contribution < -0.4 is 5.32 Å². The van der Waals surface area contributed by atoms with Gasteiger partial charge in [0.15, 0.2) is 0 Å². The first-order chi connectivity index (χ1) is 10.6. The van der Waals surface area contributed by atoms with Crippen LogP contribution in [0.5, 0.6) is 0 Å². The molecule has 1 aliphatic carbocycles. The summed E-state index contributed by atoms with van der Waals surface area (Å²) < 4.78 is 38.6. The van der Waals surface area contributed by atoms with E-state index in [0.29, 0.717) is 29.8 Å². The van der Waals surface area contributed by atoms with Gasteiger partial charge in [0, 0.05) is 11.3 Å². The molecule has 1 saturated carbocycles. The summed E-state index contributed by atoms with van der Waals surface area (Å²) in [5.41, 5.74) is 1.45. The second-order valence-corrected chi connectivity index (χ2v) is 6.19. The van der Waals surface area contributed by atoms with Gasteiger partial charge >= 0.3 is 6.18 Å². The molecule has 3 atom stereocenters. The van der Waals surface area contributed by atoms with Crippen LogP contribution in [-0.2, 0) is 11.3 Å². The molecule has 3 unspecified atom stereocenters. The molecule has 1 heterocycles. The highest BCUT2D eigenvalue weighted by Gasteiger charge is 2.34. The van der Waals surface area contributed by atoms with E-state index in [1.165, 1.54) is 0 Å². The van der Waals surface area contributed by atoms with Crippen molar-refractivity contribution in [2.24, 2.45) is 5.92 Å². The van der Waals surface area contributed by atoms with Crippen LogP contribution in [0.4, 0.5) is 13.2 Å². The van der Waals surface area contributed by atoms with Crippen molar-refractivity contribution in [3.05, 3.63) is 17.0 Å². The predicted octanol–water partition coefficient (Wildman–Crippen LogP) is 2.40. The van der Waals surface area contributed by atoms with Crippen LogP contribution >= 0.6 is 0 Å². The van der Waals surface area contributed by atoms with E-state index < -0.39 is 30.8 Å². The van der Waals surface area contributed by atoms with Gasteiger partial charge in [-0.25, -0.2) is 0 Å². The number of hydrogen-bond acceptors (Lipinski definition) is 3. The van der Waals surface area contributed by atoms with E-state index in [2.05, 4.69) is 10.4 Å². The SMILES string of the molecule is Cc1nn(CC(F)(F)F)c(C)c1C(C)NC(=O)C1CCCC1O. The number of carbonyl (C=O) groups excluding carboxylic acids is 1. The van der Waals surface area contributed by atoms with Crippen molar-refractivity contribution in [1.82, 2.24) is 15.1 Å². The summed E-state index contributed by atoms with van der Waals surface area (Å²) in [7, 11) is 0. The third-order valence-electron chi connectivity index (χ3n) is 4.37. The van der Waals surface area contributed by atoms with E-state index in [9.17, 15) is 23.1 Å². The largest absolute Gasteiger partial charge is 0.408 e. The third-order valence-corrected chi connectivity index (χ3v) is 4.37. The Labute approximate surface area is 132 Å². The summed E-state index contributed by atoms with van der Waals surface area (Å²) in [5, 5.41) is 16.5. The van der Waals surface area contributed by atoms with Gasteiger partial charge in [0.05, 0.1) is 23.8 Å². The van der Waals surface area contributed by atoms with Gasteiger partial charge < -0.3 is 10.4 Å². The molecule has 1 aliphatic rings. The van der Waals surface area contributed by atoms with Crippen LogP contribution in [0.1, 0.15) is 49.2 Å². The van der Waals surface area contributed by atoms with E-state index in [4.69, 9.17) is 0 Å². The molecule has 0 bridgehead atoms. The maximum Gasteiger partial charge on any atom is 0.408 e. The van der Waals surface area contributed by atoms with Gasteiger partial charge in [-0.05, 0) is 40.0 Å². The highest BCUT2D eigenvalue weighted by Crippen LogP contribution is 2.28. The summed E-state index contributed by atoms with van der Waals surface area (Å²) in [6.45, 7) is 3.76. The van der Waals surface area contributed by atoms with E-state index in [1.807, 2.05) is 0 Å². The number of alkyl halides is 3. The number of hydrogen-bond donors (Lipinski definition) is 2. The average Bonchev–Trinajstić information content (AvgIpc) is 2.92. The lowest BCUT2D eigenvalue weighted by atomic mass is 10.0. The molecule has 23 heavy (non-hydrogen) atoms. The fourth-order valence-electron chi connectivity index (χ4n) is 3.30. The molecule has 0 aromatic carbocycles. The molecule has 130 valence electrons. The molecule has 0 radical (unpaired) electrons. The Balaban J connectivity index is 2.13. The highest BCUT2D eigenvalue weighted by atomic mass is 19.4. The second kappa shape index (κ2) is 6.51. The third kappa shape index (κ3) is 4.04. The molecule has 2 rings (SSSR count). The first kappa shape index (κ1) is 17.8. The van der Waals surface area contributed by atoms with Crippen molar-refractivity contribution < 1.29 is 23.1 Å². The Morgan fingerprint density at radius 3 is 2.61 bits per heavy atom. The number of aromatic nitrogens is 2. The van der Waals surface area contributed by atoms with Gasteiger partial charge in [-0.15, -0.1) is 0 Å². The second-order valence-electron chi connectivity index (χ2n) is 6.19. The fourth-order valence-corrected chi connectivity index (χ4v) is 3.30. The molecular weight excluding hydrogens is 311 g/mol. The number of aryl methyl sites for hydroxylation is 1. The van der Waals surface area contributed by atoms with Crippen LogP contribution in [0.2, 0.25) is 0 Å². The molecule has 1 aromatic heterocycles. The minimum Gasteiger partial charge on any atom is -0.392 e. The highest BCUT2D eigenvalue weighted by molar-refractivity contribution is 5.80. The van der Waals surface area contributed by atoms with Crippen molar-refractivity contribution in [2.45, 2.75) is 64.9 Å². The normalized spacial score (nSPS) is 23.1. The van der Waals surface area contributed by atoms with Crippen molar-refractivity contribution in [3.8, 4) is 0 Å². The number of rotatable bonds is 4. The lowest BCUT2D eigenvalue weighted by molar-refractivity contribution is -0.143. The van der Waals surface area contributed by atoms with Crippen LogP contribution in [0.15, 0.2) is 0 Å². The summed E-state index contributed by atoms with van der Waals surface area (Å²) in [6, 6.07) is -0.461.